The lowest BCUT2D eigenvalue weighted by atomic mass is 10.0. The highest BCUT2D eigenvalue weighted by Crippen LogP contribution is 2.30. The van der Waals surface area contributed by atoms with Gasteiger partial charge in [-0.05, 0) is 55.3 Å². The zero-order valence-corrected chi connectivity index (χ0v) is 19.7. The Morgan fingerprint density at radius 1 is 1.08 bits per heavy atom. The smallest absolute Gasteiger partial charge is 0.417 e. The van der Waals surface area contributed by atoms with Crippen molar-refractivity contribution in [1.29, 1.82) is 0 Å². The Labute approximate surface area is 204 Å². The van der Waals surface area contributed by atoms with E-state index in [1.807, 2.05) is 0 Å². The second kappa shape index (κ2) is 9.82. The van der Waals surface area contributed by atoms with E-state index in [0.29, 0.717) is 11.3 Å². The summed E-state index contributed by atoms with van der Waals surface area (Å²) in [6, 6.07) is 12.8. The number of carbonyl (C=O) groups is 1. The fourth-order valence-corrected chi connectivity index (χ4v) is 4.78. The largest absolute Gasteiger partial charge is 0.443 e. The van der Waals surface area contributed by atoms with Crippen LogP contribution in [0.1, 0.15) is 24.5 Å². The predicted molar refractivity (Wildman–Crippen MR) is 124 cm³/mol. The molecule has 4 rings (SSSR count). The zero-order chi connectivity index (χ0) is 26.1. The number of hydrogen-bond acceptors (Lipinski definition) is 5. The molecular formula is C25H20F4N2O4S. The molecule has 0 radical (unpaired) electrons. The van der Waals surface area contributed by atoms with Gasteiger partial charge in [-0.1, -0.05) is 18.2 Å². The lowest BCUT2D eigenvalue weighted by Gasteiger charge is -2.12. The van der Waals surface area contributed by atoms with Gasteiger partial charge in [-0.25, -0.2) is 12.8 Å². The number of ketones is 1. The molecule has 4 aromatic rings. The summed E-state index contributed by atoms with van der Waals surface area (Å²) in [5.41, 5.74) is 1.01. The molecule has 0 spiro atoms. The summed E-state index contributed by atoms with van der Waals surface area (Å²) in [6.45, 7) is 1.41. The van der Waals surface area contributed by atoms with Crippen molar-refractivity contribution in [1.82, 2.24) is 9.71 Å². The number of hydrogen-bond donors (Lipinski definition) is 1. The average Bonchev–Trinajstić information content (AvgIpc) is 3.26. The van der Waals surface area contributed by atoms with Gasteiger partial charge in [0, 0.05) is 29.6 Å². The Morgan fingerprint density at radius 3 is 2.56 bits per heavy atom. The molecular weight excluding hydrogens is 500 g/mol. The van der Waals surface area contributed by atoms with E-state index in [2.05, 4.69) is 9.71 Å². The molecule has 0 aliphatic heterocycles. The molecule has 2 aromatic carbocycles. The van der Waals surface area contributed by atoms with E-state index in [1.54, 1.807) is 24.3 Å². The first-order chi connectivity index (χ1) is 16.9. The van der Waals surface area contributed by atoms with E-state index in [-0.39, 0.29) is 29.6 Å². The quantitative estimate of drug-likeness (QED) is 0.309. The summed E-state index contributed by atoms with van der Waals surface area (Å²) in [6.07, 6.45) is -3.42. The Morgan fingerprint density at radius 2 is 1.86 bits per heavy atom. The van der Waals surface area contributed by atoms with Crippen LogP contribution in [0.25, 0.3) is 22.2 Å². The Bertz CT molecular complexity index is 1510. The van der Waals surface area contributed by atoms with Crippen molar-refractivity contribution in [3.05, 3.63) is 83.8 Å². The van der Waals surface area contributed by atoms with Gasteiger partial charge in [0.1, 0.15) is 11.4 Å². The number of aromatic nitrogens is 1. The molecule has 0 fully saturated rings. The summed E-state index contributed by atoms with van der Waals surface area (Å²) in [7, 11) is -4.17. The first kappa shape index (κ1) is 25.5. The summed E-state index contributed by atoms with van der Waals surface area (Å²) in [5, 5.41) is -0.156. The number of alkyl halides is 3. The summed E-state index contributed by atoms with van der Waals surface area (Å²) in [5.74, 6) is -0.916. The Hall–Kier alpha value is -3.57. The minimum atomic E-state index is -4.48. The third-order valence-electron chi connectivity index (χ3n) is 5.51. The first-order valence-corrected chi connectivity index (χ1v) is 12.3. The molecule has 0 aliphatic rings. The Balaban J connectivity index is 1.39. The minimum Gasteiger partial charge on any atom is -0.443 e. The van der Waals surface area contributed by atoms with E-state index in [4.69, 9.17) is 4.42 Å². The molecule has 1 N–H and O–H groups in total. The number of furan rings is 1. The van der Waals surface area contributed by atoms with Crippen molar-refractivity contribution < 1.29 is 35.2 Å². The highest BCUT2D eigenvalue weighted by Gasteiger charge is 2.30. The topological polar surface area (TPSA) is 89.3 Å². The van der Waals surface area contributed by atoms with Crippen LogP contribution in [0, 0.1) is 5.82 Å². The molecule has 0 bridgehead atoms. The van der Waals surface area contributed by atoms with E-state index in [1.165, 1.54) is 25.1 Å². The fourth-order valence-electron chi connectivity index (χ4n) is 3.58. The van der Waals surface area contributed by atoms with Crippen LogP contribution in [-0.2, 0) is 27.4 Å². The van der Waals surface area contributed by atoms with Gasteiger partial charge in [0.15, 0.2) is 5.78 Å². The van der Waals surface area contributed by atoms with Crippen LogP contribution >= 0.6 is 0 Å². The third kappa shape index (κ3) is 5.80. The summed E-state index contributed by atoms with van der Waals surface area (Å²) in [4.78, 5) is 16.5. The SMILES string of the molecule is CC(NS(=O)(=O)c1cc2cc(F)ccc2o1)C(=O)CCc1cccc(-c2ccc(C(F)(F)F)cn2)c1. The van der Waals surface area contributed by atoms with Crippen molar-refractivity contribution in [2.75, 3.05) is 0 Å². The lowest BCUT2D eigenvalue weighted by molar-refractivity contribution is -0.137. The van der Waals surface area contributed by atoms with E-state index in [9.17, 15) is 30.8 Å². The van der Waals surface area contributed by atoms with Gasteiger partial charge in [0.25, 0.3) is 10.0 Å². The van der Waals surface area contributed by atoms with Crippen LogP contribution in [0.4, 0.5) is 17.6 Å². The van der Waals surface area contributed by atoms with Gasteiger partial charge in [-0.15, -0.1) is 0 Å². The van der Waals surface area contributed by atoms with Crippen molar-refractivity contribution >= 4 is 26.8 Å². The number of halogens is 4. The minimum absolute atomic E-state index is 0.0128. The number of sulfonamides is 1. The number of rotatable bonds is 8. The zero-order valence-electron chi connectivity index (χ0n) is 18.8. The maximum atomic E-state index is 13.4. The lowest BCUT2D eigenvalue weighted by Crippen LogP contribution is -2.38. The second-order valence-corrected chi connectivity index (χ2v) is 9.83. The molecule has 0 saturated heterocycles. The number of fused-ring (bicyclic) bond motifs is 1. The van der Waals surface area contributed by atoms with Gasteiger partial charge in [0.05, 0.1) is 17.3 Å². The molecule has 0 aliphatic carbocycles. The summed E-state index contributed by atoms with van der Waals surface area (Å²) < 4.78 is 84.5. The Kier molecular flexibility index (Phi) is 6.96. The monoisotopic (exact) mass is 520 g/mol. The van der Waals surface area contributed by atoms with Crippen molar-refractivity contribution in [2.24, 2.45) is 0 Å². The van der Waals surface area contributed by atoms with Crippen LogP contribution in [-0.4, -0.2) is 25.2 Å². The molecule has 11 heteroatoms. The van der Waals surface area contributed by atoms with Crippen LogP contribution in [0.3, 0.4) is 0 Å². The molecule has 0 saturated carbocycles. The highest BCUT2D eigenvalue weighted by atomic mass is 32.2. The van der Waals surface area contributed by atoms with E-state index in [0.717, 1.165) is 30.0 Å². The van der Waals surface area contributed by atoms with Crippen LogP contribution < -0.4 is 4.72 Å². The molecule has 1 atom stereocenters. The number of nitrogens with zero attached hydrogens (tertiary/aromatic N) is 1. The average molecular weight is 521 g/mol. The number of pyridine rings is 1. The number of Topliss-reactive ketones (excluding diaryl/α,β-unsaturated/α-hetero) is 1. The molecule has 2 heterocycles. The van der Waals surface area contributed by atoms with Crippen molar-refractivity contribution in [3.63, 3.8) is 0 Å². The van der Waals surface area contributed by atoms with Gasteiger partial charge >= 0.3 is 6.18 Å². The van der Waals surface area contributed by atoms with E-state index >= 15 is 0 Å². The van der Waals surface area contributed by atoms with Crippen LogP contribution in [0.15, 0.2) is 76.4 Å². The second-order valence-electron chi connectivity index (χ2n) is 8.19. The summed E-state index contributed by atoms with van der Waals surface area (Å²) >= 11 is 0. The molecule has 36 heavy (non-hydrogen) atoms. The third-order valence-corrected chi connectivity index (χ3v) is 6.90. The molecule has 6 nitrogen and oxygen atoms in total. The molecule has 2 aromatic heterocycles. The number of benzene rings is 2. The maximum absolute atomic E-state index is 13.4. The van der Waals surface area contributed by atoms with Crippen LogP contribution in [0.5, 0.6) is 0 Å². The number of nitrogens with one attached hydrogen (secondary N) is 1. The normalized spacial score (nSPS) is 13.1. The van der Waals surface area contributed by atoms with Crippen LogP contribution in [0.2, 0.25) is 0 Å². The van der Waals surface area contributed by atoms with Gasteiger partial charge in [-0.2, -0.15) is 17.9 Å². The molecule has 0 amide bonds. The maximum Gasteiger partial charge on any atom is 0.417 e. The number of carbonyl (C=O) groups excluding carboxylic acids is 1. The van der Waals surface area contributed by atoms with Crippen molar-refractivity contribution in [3.8, 4) is 11.3 Å². The van der Waals surface area contributed by atoms with E-state index < -0.39 is 38.7 Å². The standard InChI is InChI=1S/C25H20F4N2O4S/c1-15(31-36(33,34)24-13-18-12-20(26)7-10-23(18)35-24)22(32)9-5-16-3-2-4-17(11-16)21-8-6-19(14-30-21)25(27,28)29/h2-4,6-8,10-15,31H,5,9H2,1H3. The number of aryl methyl sites for hydroxylation is 1. The first-order valence-electron chi connectivity index (χ1n) is 10.8. The molecule has 1 unspecified atom stereocenters. The fraction of sp³-hybridized carbons (Fsp3) is 0.200. The highest BCUT2D eigenvalue weighted by molar-refractivity contribution is 7.89. The van der Waals surface area contributed by atoms with Gasteiger partial charge < -0.3 is 4.42 Å². The molecule has 188 valence electrons. The predicted octanol–water partition coefficient (Wildman–Crippen LogP) is 5.52. The van der Waals surface area contributed by atoms with Crippen molar-refractivity contribution in [2.45, 2.75) is 37.1 Å². The van der Waals surface area contributed by atoms with Gasteiger partial charge in [0.2, 0.25) is 5.09 Å². The van der Waals surface area contributed by atoms with Gasteiger partial charge in [-0.3, -0.25) is 9.78 Å².